The number of aliphatic hydroxyl groups excluding tert-OH is 1. The average molecular weight is 790 g/mol. The number of hydrogen-bond donors (Lipinski definition) is 4. The number of piperazine rings is 1. The molecule has 2 aliphatic rings. The largest absolute Gasteiger partial charge is 0.483 e. The summed E-state index contributed by atoms with van der Waals surface area (Å²) in [6.07, 6.45) is 4.62. The summed E-state index contributed by atoms with van der Waals surface area (Å²) < 4.78 is 30.5. The van der Waals surface area contributed by atoms with Crippen molar-refractivity contribution in [3.8, 4) is 0 Å². The number of aromatic carboxylic acids is 1. The molecule has 1 aromatic heterocycles. The summed E-state index contributed by atoms with van der Waals surface area (Å²) in [6.45, 7) is 8.67. The van der Waals surface area contributed by atoms with Gasteiger partial charge in [-0.25, -0.2) is 13.6 Å². The third kappa shape index (κ3) is 10.7. The van der Waals surface area contributed by atoms with Gasteiger partial charge in [0, 0.05) is 77.9 Å². The highest BCUT2D eigenvalue weighted by Gasteiger charge is 2.33. The Morgan fingerprint density at radius 2 is 1.62 bits per heavy atom. The summed E-state index contributed by atoms with van der Waals surface area (Å²) in [6, 6.07) is 16.1. The minimum Gasteiger partial charge on any atom is -0.483 e. The monoisotopic (exact) mass is 789 g/mol. The van der Waals surface area contributed by atoms with Crippen molar-refractivity contribution >= 4 is 41.2 Å². The molecule has 298 valence electrons. The first-order valence-corrected chi connectivity index (χ1v) is 19.7. The van der Waals surface area contributed by atoms with Crippen molar-refractivity contribution in [1.29, 1.82) is 0 Å². The molecule has 2 heterocycles. The van der Waals surface area contributed by atoms with E-state index in [9.17, 15) is 19.5 Å². The van der Waals surface area contributed by atoms with Crippen molar-refractivity contribution in [1.82, 2.24) is 9.80 Å². The molecular weight excluding hydrogens is 741 g/mol. The van der Waals surface area contributed by atoms with Gasteiger partial charge >= 0.3 is 5.97 Å². The minimum atomic E-state index is -1.05. The van der Waals surface area contributed by atoms with Crippen LogP contribution in [-0.2, 0) is 43.4 Å². The molecule has 0 bridgehead atoms. The highest BCUT2D eigenvalue weighted by molar-refractivity contribution is 7.12. The second-order valence-electron chi connectivity index (χ2n) is 14.9. The van der Waals surface area contributed by atoms with E-state index in [2.05, 4.69) is 29.0 Å². The smallest absolute Gasteiger partial charge is 0.335 e. The van der Waals surface area contributed by atoms with Crippen LogP contribution in [0.15, 0.2) is 60.7 Å². The van der Waals surface area contributed by atoms with Gasteiger partial charge in [0.05, 0.1) is 11.1 Å². The molecule has 1 aliphatic carbocycles. The molecule has 6 rings (SSSR count). The van der Waals surface area contributed by atoms with Crippen LogP contribution in [0.5, 0.6) is 0 Å². The molecule has 0 saturated carbocycles. The number of benzene rings is 3. The number of carboxylic acids is 1. The number of fused-ring (bicyclic) bond motifs is 1. The second-order valence-corrected chi connectivity index (χ2v) is 16.1. The van der Waals surface area contributed by atoms with Crippen molar-refractivity contribution in [3.63, 3.8) is 0 Å². The topological polar surface area (TPSA) is 147 Å². The molecule has 4 aromatic rings. The molecule has 10 nitrogen and oxygen atoms in total. The van der Waals surface area contributed by atoms with Gasteiger partial charge in [-0.15, -0.1) is 11.3 Å². The number of anilines is 1. The number of Topliss-reactive ketones (excluding diaryl/α,β-unsaturated/α-hetero) is 1. The van der Waals surface area contributed by atoms with Gasteiger partial charge in [-0.2, -0.15) is 0 Å². The molecule has 3 aromatic carbocycles. The first-order chi connectivity index (χ1) is 26.8. The summed E-state index contributed by atoms with van der Waals surface area (Å²) in [4.78, 5) is 53.7. The van der Waals surface area contributed by atoms with E-state index in [1.165, 1.54) is 23.5 Å². The van der Waals surface area contributed by atoms with Crippen LogP contribution in [0.2, 0.25) is 0 Å². The van der Waals surface area contributed by atoms with E-state index in [-0.39, 0.29) is 54.1 Å². The number of aryl methyl sites for hydroxylation is 2. The lowest BCUT2D eigenvalue weighted by atomic mass is 9.93. The van der Waals surface area contributed by atoms with E-state index in [1.54, 1.807) is 12.1 Å². The standard InChI is InChI=1S/C42H47F2N3O5S.CH2O2/c1-42(2)26-46(17-6-20-48)18-19-47(42)25-28-7-5-8-30(21-28)36(49)24-38-39(33-9-3-4-10-37(33)53-38)40(50)45-31-22-34(43)32(35(44)23-31)16-13-27-11-14-29(15-12-27)41(51)52;2-1-3/h5,7-8,11-12,14-15,21-23,48H,3-4,6,9-10,13,16-20,24-26H2,1-2H3,(H,45,50)(H,51,52);1H,(H,2,3). The number of rotatable bonds is 14. The summed E-state index contributed by atoms with van der Waals surface area (Å²) in [7, 11) is 0. The molecule has 56 heavy (non-hydrogen) atoms. The van der Waals surface area contributed by atoms with Gasteiger partial charge in [0.25, 0.3) is 12.4 Å². The van der Waals surface area contributed by atoms with Crippen molar-refractivity contribution in [2.24, 2.45) is 0 Å². The Bertz CT molecular complexity index is 2010. The van der Waals surface area contributed by atoms with Gasteiger partial charge < -0.3 is 25.5 Å². The van der Waals surface area contributed by atoms with E-state index in [4.69, 9.17) is 15.0 Å². The minimum absolute atomic E-state index is 0.00236. The lowest BCUT2D eigenvalue weighted by Gasteiger charge is -2.47. The number of hydrogen-bond acceptors (Lipinski definition) is 8. The summed E-state index contributed by atoms with van der Waals surface area (Å²) in [5, 5.41) is 28.0. The van der Waals surface area contributed by atoms with Crippen LogP contribution >= 0.6 is 11.3 Å². The number of aliphatic hydroxyl groups is 1. The number of thiophene rings is 1. The number of carbonyl (C=O) groups excluding carboxylic acids is 2. The van der Waals surface area contributed by atoms with E-state index >= 15 is 8.78 Å². The fourth-order valence-corrected chi connectivity index (χ4v) is 8.97. The highest BCUT2D eigenvalue weighted by Crippen LogP contribution is 2.36. The fourth-order valence-electron chi connectivity index (χ4n) is 7.58. The van der Waals surface area contributed by atoms with Gasteiger partial charge in [-0.1, -0.05) is 30.3 Å². The molecule has 0 atom stereocenters. The maximum absolute atomic E-state index is 15.2. The van der Waals surface area contributed by atoms with Gasteiger partial charge in [-0.05, 0) is 106 Å². The second kappa shape index (κ2) is 19.4. The van der Waals surface area contributed by atoms with Gasteiger partial charge in [0.1, 0.15) is 11.6 Å². The van der Waals surface area contributed by atoms with Crippen LogP contribution < -0.4 is 5.32 Å². The van der Waals surface area contributed by atoms with Crippen molar-refractivity contribution in [2.75, 3.05) is 38.1 Å². The van der Waals surface area contributed by atoms with Crippen molar-refractivity contribution < 1.29 is 43.3 Å². The Balaban J connectivity index is 0.00000194. The number of halogens is 2. The predicted molar refractivity (Wildman–Crippen MR) is 212 cm³/mol. The van der Waals surface area contributed by atoms with Crippen LogP contribution in [0.3, 0.4) is 0 Å². The van der Waals surface area contributed by atoms with E-state index in [1.807, 2.05) is 24.3 Å². The Hall–Kier alpha value is -4.82. The van der Waals surface area contributed by atoms with Gasteiger partial charge in [-0.3, -0.25) is 19.3 Å². The van der Waals surface area contributed by atoms with E-state index in [0.717, 1.165) is 85.6 Å². The number of nitrogens with one attached hydrogen (secondary N) is 1. The molecule has 1 aliphatic heterocycles. The number of ketones is 1. The van der Waals surface area contributed by atoms with E-state index < -0.39 is 23.5 Å². The van der Waals surface area contributed by atoms with Crippen LogP contribution in [0.4, 0.5) is 14.5 Å². The summed E-state index contributed by atoms with van der Waals surface area (Å²) in [5.41, 5.74) is 3.67. The highest BCUT2D eigenvalue weighted by atomic mass is 32.1. The van der Waals surface area contributed by atoms with Crippen LogP contribution in [0.25, 0.3) is 0 Å². The van der Waals surface area contributed by atoms with Crippen LogP contribution in [-0.4, -0.2) is 87.6 Å². The van der Waals surface area contributed by atoms with Gasteiger partial charge in [0.15, 0.2) is 5.78 Å². The van der Waals surface area contributed by atoms with Crippen molar-refractivity contribution in [2.45, 2.75) is 77.3 Å². The number of nitrogens with zero attached hydrogens (tertiary/aromatic N) is 2. The third-order valence-corrected chi connectivity index (χ3v) is 11.8. The zero-order chi connectivity index (χ0) is 40.4. The quantitative estimate of drug-likeness (QED) is 0.0780. The fraction of sp³-hybridized carbons (Fsp3) is 0.395. The molecule has 1 amide bonds. The molecule has 13 heteroatoms. The molecule has 0 radical (unpaired) electrons. The zero-order valence-corrected chi connectivity index (χ0v) is 32.6. The van der Waals surface area contributed by atoms with Crippen LogP contribution in [0, 0.1) is 11.6 Å². The zero-order valence-electron chi connectivity index (χ0n) is 31.8. The number of carbonyl (C=O) groups is 4. The van der Waals surface area contributed by atoms with Crippen LogP contribution in [0.1, 0.15) is 96.2 Å². The summed E-state index contributed by atoms with van der Waals surface area (Å²) >= 11 is 1.49. The molecule has 1 fully saturated rings. The van der Waals surface area contributed by atoms with Crippen molar-refractivity contribution in [3.05, 3.63) is 121 Å². The Kier molecular flexibility index (Phi) is 14.6. The summed E-state index contributed by atoms with van der Waals surface area (Å²) in [5.74, 6) is -3.18. The maximum atomic E-state index is 15.2. The molecular formula is C43H49F2N3O7S. The first kappa shape index (κ1) is 42.3. The SMILES string of the molecule is CC1(C)CN(CCCO)CCN1Cc1cccc(C(=O)Cc2sc3c(c2C(=O)Nc2cc(F)c(CCc4ccc(C(=O)O)cc4)c(F)c2)CCCC3)c1.O=CO. The lowest BCUT2D eigenvalue weighted by molar-refractivity contribution is -0.122. The number of amides is 1. The Morgan fingerprint density at radius 3 is 2.29 bits per heavy atom. The maximum Gasteiger partial charge on any atom is 0.335 e. The Morgan fingerprint density at radius 1 is 0.929 bits per heavy atom. The predicted octanol–water partition coefficient (Wildman–Crippen LogP) is 7.05. The molecule has 1 saturated heterocycles. The average Bonchev–Trinajstić information content (AvgIpc) is 3.53. The van der Waals surface area contributed by atoms with E-state index in [0.29, 0.717) is 35.4 Å². The first-order valence-electron chi connectivity index (χ1n) is 18.9. The lowest BCUT2D eigenvalue weighted by Crippen LogP contribution is -2.58. The molecule has 0 spiro atoms. The molecule has 0 unspecified atom stereocenters. The third-order valence-electron chi connectivity index (χ3n) is 10.5. The number of carboxylic acid groups (broad SMARTS) is 2. The normalized spacial score (nSPS) is 15.3. The molecule has 4 N–H and O–H groups in total. The Labute approximate surface area is 329 Å². The van der Waals surface area contributed by atoms with Gasteiger partial charge in [0.2, 0.25) is 0 Å².